The van der Waals surface area contributed by atoms with Crippen LogP contribution in [0, 0.1) is 11.3 Å². The van der Waals surface area contributed by atoms with Gasteiger partial charge < -0.3 is 21.3 Å². The molecule has 7 nitrogen and oxygen atoms in total. The summed E-state index contributed by atoms with van der Waals surface area (Å²) in [5.74, 6) is -1.32. The summed E-state index contributed by atoms with van der Waals surface area (Å²) in [5.41, 5.74) is 5.35. The summed E-state index contributed by atoms with van der Waals surface area (Å²) in [4.78, 5) is 33.7. The molecule has 1 amide bonds. The Kier molecular flexibility index (Phi) is 7.75. The zero-order valence-electron chi connectivity index (χ0n) is 14.0. The molecule has 1 rings (SSSR count). The van der Waals surface area contributed by atoms with Crippen LogP contribution < -0.4 is 11.1 Å². The molecule has 8 heteroatoms. The second-order valence-electron chi connectivity index (χ2n) is 6.66. The fourth-order valence-corrected chi connectivity index (χ4v) is 3.11. The number of aliphatic carboxylic acids is 2. The topological polar surface area (TPSA) is 130 Å². The van der Waals surface area contributed by atoms with E-state index in [9.17, 15) is 14.4 Å². The number of nitrogens with one attached hydrogen (secondary N) is 1. The largest absolute Gasteiger partial charge is 0.480 e. The number of amides is 1. The van der Waals surface area contributed by atoms with Gasteiger partial charge in [-0.3, -0.25) is 9.59 Å². The lowest BCUT2D eigenvalue weighted by molar-refractivity contribution is -0.140. The number of hydrogen-bond donors (Lipinski definition) is 4. The van der Waals surface area contributed by atoms with Gasteiger partial charge in [0, 0.05) is 11.7 Å². The molecule has 1 aliphatic rings. The van der Waals surface area contributed by atoms with Crippen LogP contribution in [0.5, 0.6) is 0 Å². The van der Waals surface area contributed by atoms with E-state index in [0.717, 1.165) is 18.6 Å². The van der Waals surface area contributed by atoms with Crippen molar-refractivity contribution in [2.75, 3.05) is 11.5 Å². The summed E-state index contributed by atoms with van der Waals surface area (Å²) in [6, 6.07) is -1.87. The minimum absolute atomic E-state index is 0.0368. The second kappa shape index (κ2) is 9.08. The lowest BCUT2D eigenvalue weighted by atomic mass is 10.1. The lowest BCUT2D eigenvalue weighted by Gasteiger charge is -2.11. The average Bonchev–Trinajstić information content (AvgIpc) is 3.13. The van der Waals surface area contributed by atoms with Gasteiger partial charge >= 0.3 is 11.9 Å². The van der Waals surface area contributed by atoms with Crippen LogP contribution in [-0.2, 0) is 14.4 Å². The molecule has 3 atom stereocenters. The zero-order chi connectivity index (χ0) is 18.3. The third-order valence-electron chi connectivity index (χ3n) is 4.00. The first-order valence-corrected chi connectivity index (χ1v) is 9.06. The van der Waals surface area contributed by atoms with Gasteiger partial charge in [-0.15, -0.1) is 0 Å². The second-order valence-corrected chi connectivity index (χ2v) is 7.81. The number of nitrogens with two attached hydrogens (primary N) is 1. The standard InChI is InChI=1S/C16H26N2O5S/c1-16(2)8-10(16)13(19)18-12(15(22)23)6-4-3-5-7-24-9-11(17)14(20)21/h4,6,10-12H,3,5,7-9,17H2,1-2H3,(H,18,19)(H,20,21)(H,22,23)/b6-4+/t10-,11+,12-/m1/s1. The SMILES string of the molecule is CC1(C)C[C@@H]1C(=O)N[C@H](/C=C/CCCSC[C@H](N)C(=O)O)C(=O)O. The first kappa shape index (κ1) is 20.5. The van der Waals surface area contributed by atoms with Gasteiger partial charge in [0.25, 0.3) is 0 Å². The highest BCUT2D eigenvalue weighted by atomic mass is 32.2. The van der Waals surface area contributed by atoms with Crippen molar-refractivity contribution in [1.82, 2.24) is 5.32 Å². The molecule has 0 spiro atoms. The van der Waals surface area contributed by atoms with E-state index >= 15 is 0 Å². The summed E-state index contributed by atoms with van der Waals surface area (Å²) in [6.45, 7) is 3.97. The Balaban J connectivity index is 2.25. The number of allylic oxidation sites excluding steroid dienone is 1. The Morgan fingerprint density at radius 1 is 1.33 bits per heavy atom. The number of rotatable bonds is 11. The van der Waals surface area contributed by atoms with E-state index in [1.807, 2.05) is 13.8 Å². The van der Waals surface area contributed by atoms with Crippen molar-refractivity contribution in [3.8, 4) is 0 Å². The molecule has 5 N–H and O–H groups in total. The van der Waals surface area contributed by atoms with Crippen molar-refractivity contribution in [3.05, 3.63) is 12.2 Å². The number of carbonyl (C=O) groups is 3. The monoisotopic (exact) mass is 358 g/mol. The maximum Gasteiger partial charge on any atom is 0.330 e. The van der Waals surface area contributed by atoms with E-state index in [2.05, 4.69) is 5.32 Å². The average molecular weight is 358 g/mol. The van der Waals surface area contributed by atoms with Crippen LogP contribution in [0.4, 0.5) is 0 Å². The van der Waals surface area contributed by atoms with Crippen LogP contribution in [0.3, 0.4) is 0 Å². The smallest absolute Gasteiger partial charge is 0.330 e. The quantitative estimate of drug-likeness (QED) is 0.321. The van der Waals surface area contributed by atoms with Crippen LogP contribution in [0.15, 0.2) is 12.2 Å². The number of unbranched alkanes of at least 4 members (excludes halogenated alkanes) is 1. The van der Waals surface area contributed by atoms with Crippen LogP contribution in [0.1, 0.15) is 33.1 Å². The molecule has 0 saturated heterocycles. The molecule has 24 heavy (non-hydrogen) atoms. The number of thioether (sulfide) groups is 1. The molecular formula is C16H26N2O5S. The third-order valence-corrected chi connectivity index (χ3v) is 5.17. The van der Waals surface area contributed by atoms with Gasteiger partial charge in [-0.1, -0.05) is 26.0 Å². The predicted molar refractivity (Wildman–Crippen MR) is 92.8 cm³/mol. The van der Waals surface area contributed by atoms with Gasteiger partial charge in [0.2, 0.25) is 5.91 Å². The van der Waals surface area contributed by atoms with Crippen molar-refractivity contribution in [2.45, 2.75) is 45.2 Å². The van der Waals surface area contributed by atoms with E-state index in [0.29, 0.717) is 12.2 Å². The highest BCUT2D eigenvalue weighted by molar-refractivity contribution is 7.99. The molecular weight excluding hydrogens is 332 g/mol. The van der Waals surface area contributed by atoms with Crippen molar-refractivity contribution < 1.29 is 24.6 Å². The van der Waals surface area contributed by atoms with E-state index < -0.39 is 24.0 Å². The van der Waals surface area contributed by atoms with Gasteiger partial charge in [-0.05, 0) is 30.4 Å². The molecule has 0 unspecified atom stereocenters. The van der Waals surface area contributed by atoms with Crippen molar-refractivity contribution >= 4 is 29.6 Å². The molecule has 1 aliphatic carbocycles. The molecule has 0 heterocycles. The molecule has 1 fully saturated rings. The summed E-state index contributed by atoms with van der Waals surface area (Å²) < 4.78 is 0. The highest BCUT2D eigenvalue weighted by Gasteiger charge is 2.50. The van der Waals surface area contributed by atoms with Crippen LogP contribution in [-0.4, -0.2) is 51.6 Å². The molecule has 1 saturated carbocycles. The minimum atomic E-state index is -1.08. The lowest BCUT2D eigenvalue weighted by Crippen LogP contribution is -2.40. The number of carboxylic acids is 2. The fraction of sp³-hybridized carbons (Fsp3) is 0.688. The summed E-state index contributed by atoms with van der Waals surface area (Å²) in [5, 5.41) is 20.4. The zero-order valence-corrected chi connectivity index (χ0v) is 14.8. The fourth-order valence-electron chi connectivity index (χ4n) is 2.18. The molecule has 0 aromatic heterocycles. The molecule has 0 aromatic rings. The van der Waals surface area contributed by atoms with Crippen molar-refractivity contribution in [2.24, 2.45) is 17.1 Å². The van der Waals surface area contributed by atoms with Crippen molar-refractivity contribution in [3.63, 3.8) is 0 Å². The molecule has 0 radical (unpaired) electrons. The normalized spacial score (nSPS) is 21.2. The Labute approximate surface area is 146 Å². The summed E-state index contributed by atoms with van der Waals surface area (Å²) >= 11 is 1.45. The van der Waals surface area contributed by atoms with Crippen LogP contribution in [0.25, 0.3) is 0 Å². The van der Waals surface area contributed by atoms with Gasteiger partial charge in [-0.2, -0.15) is 11.8 Å². The van der Waals surface area contributed by atoms with Crippen molar-refractivity contribution in [1.29, 1.82) is 0 Å². The van der Waals surface area contributed by atoms with Gasteiger partial charge in [0.05, 0.1) is 0 Å². The van der Waals surface area contributed by atoms with E-state index in [1.54, 1.807) is 6.08 Å². The number of carboxylic acid groups (broad SMARTS) is 2. The highest BCUT2D eigenvalue weighted by Crippen LogP contribution is 2.51. The summed E-state index contributed by atoms with van der Waals surface area (Å²) in [6.07, 6.45) is 5.44. The first-order valence-electron chi connectivity index (χ1n) is 7.91. The molecule has 0 aromatic carbocycles. The van der Waals surface area contributed by atoms with Gasteiger partial charge in [0.15, 0.2) is 0 Å². The Morgan fingerprint density at radius 2 is 1.96 bits per heavy atom. The van der Waals surface area contributed by atoms with Gasteiger partial charge in [0.1, 0.15) is 12.1 Å². The molecule has 0 bridgehead atoms. The Hall–Kier alpha value is -1.54. The van der Waals surface area contributed by atoms with E-state index in [-0.39, 0.29) is 17.2 Å². The predicted octanol–water partition coefficient (Wildman–Crippen LogP) is 1.08. The molecule has 136 valence electrons. The van der Waals surface area contributed by atoms with Gasteiger partial charge in [-0.25, -0.2) is 4.79 Å². The number of hydrogen-bond acceptors (Lipinski definition) is 5. The van der Waals surface area contributed by atoms with Crippen LogP contribution in [0.2, 0.25) is 0 Å². The third kappa shape index (κ3) is 6.92. The minimum Gasteiger partial charge on any atom is -0.480 e. The van der Waals surface area contributed by atoms with E-state index in [1.165, 1.54) is 17.8 Å². The Morgan fingerprint density at radius 3 is 2.46 bits per heavy atom. The maximum atomic E-state index is 12.0. The van der Waals surface area contributed by atoms with Crippen LogP contribution >= 0.6 is 11.8 Å². The molecule has 0 aliphatic heterocycles. The number of carbonyl (C=O) groups excluding carboxylic acids is 1. The maximum absolute atomic E-state index is 12.0. The first-order chi connectivity index (χ1) is 11.1. The summed E-state index contributed by atoms with van der Waals surface area (Å²) in [7, 11) is 0. The van der Waals surface area contributed by atoms with E-state index in [4.69, 9.17) is 15.9 Å². The Bertz CT molecular complexity index is 507.